The van der Waals surface area contributed by atoms with Crippen LogP contribution in [-0.2, 0) is 23.8 Å². The number of morpholine rings is 1. The number of esters is 2. The Morgan fingerprint density at radius 1 is 0.905 bits per heavy atom. The molecule has 4 aliphatic carbocycles. The van der Waals surface area contributed by atoms with Gasteiger partial charge in [-0.05, 0) is 93.8 Å². The molecule has 0 spiro atoms. The van der Waals surface area contributed by atoms with E-state index >= 15 is 0 Å². The number of likely N-dealkylation sites (tertiary alicyclic amines) is 1. The molecule has 4 saturated carbocycles. The summed E-state index contributed by atoms with van der Waals surface area (Å²) in [6.45, 7) is 17.7. The summed E-state index contributed by atoms with van der Waals surface area (Å²) in [7, 11) is 0. The summed E-state index contributed by atoms with van der Waals surface area (Å²) in [5.74, 6) is 2.36. The fourth-order valence-corrected chi connectivity index (χ4v) is 11.8. The minimum Gasteiger partial charge on any atom is -1.00 e. The Morgan fingerprint density at radius 3 is 2.24 bits per heavy atom. The minimum atomic E-state index is -0.141. The molecule has 10 atom stereocenters. The van der Waals surface area contributed by atoms with Crippen LogP contribution >= 0.6 is 0 Å². The molecule has 2 aliphatic heterocycles. The highest BCUT2D eigenvalue weighted by molar-refractivity contribution is 5.66. The Morgan fingerprint density at radius 2 is 1.60 bits per heavy atom. The third kappa shape index (κ3) is 5.51. The molecule has 0 bridgehead atoms. The molecule has 6 fully saturated rings. The van der Waals surface area contributed by atoms with Crippen LogP contribution in [0.5, 0.6) is 0 Å². The second-order valence-electron chi connectivity index (χ2n) is 15.4. The summed E-state index contributed by atoms with van der Waals surface area (Å²) in [5, 5.41) is 0. The van der Waals surface area contributed by atoms with Crippen LogP contribution in [0.3, 0.4) is 0 Å². The third-order valence-electron chi connectivity index (χ3n) is 13.8. The van der Waals surface area contributed by atoms with Gasteiger partial charge in [-0.25, -0.2) is 0 Å². The summed E-state index contributed by atoms with van der Waals surface area (Å²) in [6.07, 6.45) is 12.2. The van der Waals surface area contributed by atoms with Gasteiger partial charge in [-0.15, -0.1) is 0 Å². The van der Waals surface area contributed by atoms with E-state index in [0.717, 1.165) is 56.6 Å². The van der Waals surface area contributed by atoms with Gasteiger partial charge >= 0.3 is 11.9 Å². The van der Waals surface area contributed by atoms with Crippen molar-refractivity contribution in [1.29, 1.82) is 0 Å². The van der Waals surface area contributed by atoms with E-state index in [1.807, 2.05) is 0 Å². The van der Waals surface area contributed by atoms with Crippen molar-refractivity contribution in [2.45, 2.75) is 123 Å². The van der Waals surface area contributed by atoms with Crippen molar-refractivity contribution in [3.8, 4) is 0 Å². The van der Waals surface area contributed by atoms with Crippen LogP contribution in [0.4, 0.5) is 0 Å². The molecule has 0 amide bonds. The zero-order valence-electron chi connectivity index (χ0n) is 27.0. The van der Waals surface area contributed by atoms with Crippen molar-refractivity contribution in [1.82, 2.24) is 4.90 Å². The minimum absolute atomic E-state index is 0. The van der Waals surface area contributed by atoms with Crippen molar-refractivity contribution in [2.75, 3.05) is 45.9 Å². The number of halogens is 1. The first kappa shape index (κ1) is 32.7. The van der Waals surface area contributed by atoms with Crippen LogP contribution in [0.1, 0.15) is 98.8 Å². The number of fused-ring (bicyclic) bond motifs is 5. The van der Waals surface area contributed by atoms with E-state index in [2.05, 4.69) is 25.7 Å². The van der Waals surface area contributed by atoms with Crippen LogP contribution in [-0.4, -0.2) is 91.6 Å². The number of carbonyl (C=O) groups excluding carboxylic acids is 2. The Kier molecular flexibility index (Phi) is 9.80. The summed E-state index contributed by atoms with van der Waals surface area (Å²) in [5.41, 5.74) is 0.318. The first-order chi connectivity index (χ1) is 19.6. The monoisotopic (exact) mass is 652 g/mol. The van der Waals surface area contributed by atoms with Crippen LogP contribution in [0.25, 0.3) is 0 Å². The molecule has 2 heterocycles. The predicted molar refractivity (Wildman–Crippen MR) is 158 cm³/mol. The molecule has 42 heavy (non-hydrogen) atoms. The molecule has 7 nitrogen and oxygen atoms in total. The highest BCUT2D eigenvalue weighted by Gasteiger charge is 2.67. The molecule has 0 aromatic carbocycles. The molecule has 0 N–H and O–H groups in total. The number of carbonyl (C=O) groups is 2. The first-order valence-corrected chi connectivity index (χ1v) is 17.1. The lowest BCUT2D eigenvalue weighted by Crippen LogP contribution is -3.00. The maximum absolute atomic E-state index is 12.6. The number of rotatable bonds is 5. The van der Waals surface area contributed by atoms with Crippen LogP contribution in [0.2, 0.25) is 0 Å². The smallest absolute Gasteiger partial charge is 0.303 e. The number of piperidine rings is 1. The fraction of sp³-hybridized carbons (Fsp3) is 0.941. The van der Waals surface area contributed by atoms with Gasteiger partial charge in [0, 0.05) is 44.8 Å². The second kappa shape index (κ2) is 12.6. The number of likely N-dealkylation sites (N-methyl/N-ethyl adjacent to an activating group) is 1. The first-order valence-electron chi connectivity index (χ1n) is 17.1. The number of ether oxygens (including phenoxy) is 3. The number of hydrogen-bond acceptors (Lipinski definition) is 6. The summed E-state index contributed by atoms with van der Waals surface area (Å²) < 4.78 is 19.3. The predicted octanol–water partition coefficient (Wildman–Crippen LogP) is 2.21. The number of hydrogen-bond donors (Lipinski definition) is 0. The van der Waals surface area contributed by atoms with E-state index in [9.17, 15) is 9.59 Å². The number of nitrogens with zero attached hydrogens (tertiary/aromatic N) is 2. The van der Waals surface area contributed by atoms with Crippen LogP contribution in [0, 0.1) is 34.5 Å². The topological polar surface area (TPSA) is 65.1 Å². The second-order valence-corrected chi connectivity index (χ2v) is 15.4. The van der Waals surface area contributed by atoms with E-state index in [1.54, 1.807) is 13.8 Å². The quantitative estimate of drug-likeness (QED) is 0.335. The van der Waals surface area contributed by atoms with Crippen LogP contribution in [0.15, 0.2) is 0 Å². The maximum Gasteiger partial charge on any atom is 0.303 e. The van der Waals surface area contributed by atoms with Crippen molar-refractivity contribution >= 4 is 11.9 Å². The van der Waals surface area contributed by atoms with E-state index in [-0.39, 0.29) is 58.0 Å². The lowest BCUT2D eigenvalue weighted by molar-refractivity contribution is -0.956. The van der Waals surface area contributed by atoms with Crippen molar-refractivity contribution < 1.29 is 45.3 Å². The van der Waals surface area contributed by atoms with E-state index in [0.29, 0.717) is 29.7 Å². The molecule has 0 aromatic heterocycles. The Balaban J connectivity index is 0.00000353. The standard InChI is InChI=1S/C34H57N2O5.BrH/c1-6-36(16-8-7-9-17-36)30-21-28-26-11-10-25-20-31(40-23(2)37)29(35-14-18-39-19-15-35)22-34(25,5)27(26)12-13-33(28,4)32(30)41-24(3)38;/h25-32H,6-22H2,1-5H3;1H/q+1;/p-1/t25-,26?,27?,28?,29-,30-,31-,32-,33-,34-;/m0./s1. The van der Waals surface area contributed by atoms with Crippen molar-refractivity contribution in [3.05, 3.63) is 0 Å². The lowest BCUT2D eigenvalue weighted by atomic mass is 9.44. The van der Waals surface area contributed by atoms with Crippen molar-refractivity contribution in [2.24, 2.45) is 34.5 Å². The average molecular weight is 654 g/mol. The largest absolute Gasteiger partial charge is 1.00 e. The molecule has 0 aromatic rings. The maximum atomic E-state index is 12.6. The summed E-state index contributed by atoms with van der Waals surface area (Å²) >= 11 is 0. The molecule has 8 heteroatoms. The van der Waals surface area contributed by atoms with Gasteiger partial charge in [0.2, 0.25) is 0 Å². The Hall–Kier alpha value is -0.700. The Labute approximate surface area is 265 Å². The van der Waals surface area contributed by atoms with E-state index in [1.165, 1.54) is 58.0 Å². The normalized spacial score (nSPS) is 45.0. The average Bonchev–Trinajstić information content (AvgIpc) is 3.25. The fourth-order valence-electron chi connectivity index (χ4n) is 11.8. The zero-order chi connectivity index (χ0) is 29.0. The van der Waals surface area contributed by atoms with Crippen molar-refractivity contribution in [3.63, 3.8) is 0 Å². The van der Waals surface area contributed by atoms with E-state index < -0.39 is 0 Å². The molecule has 3 unspecified atom stereocenters. The van der Waals surface area contributed by atoms with Gasteiger partial charge in [-0.3, -0.25) is 14.5 Å². The number of quaternary nitrogens is 1. The van der Waals surface area contributed by atoms with Gasteiger partial charge in [0.05, 0.1) is 32.8 Å². The van der Waals surface area contributed by atoms with Gasteiger partial charge < -0.3 is 35.7 Å². The molecular weight excluding hydrogens is 596 g/mol. The van der Waals surface area contributed by atoms with Gasteiger partial charge in [-0.1, -0.05) is 13.8 Å². The molecule has 2 saturated heterocycles. The Bertz CT molecular complexity index is 983. The van der Waals surface area contributed by atoms with Gasteiger partial charge in [0.1, 0.15) is 12.1 Å². The van der Waals surface area contributed by atoms with Crippen LogP contribution < -0.4 is 17.0 Å². The SMILES string of the molecule is CC[N+]1([C@H]2CC3C4CC[C@H]5C[C@H](OC(C)=O)[C@@H](N6CCOCC6)C[C@]5(C)C4CC[C@]3(C)[C@H]2OC(C)=O)CCCCC1.[Br-]. The molecule has 6 rings (SSSR count). The summed E-state index contributed by atoms with van der Waals surface area (Å²) in [4.78, 5) is 27.3. The highest BCUT2D eigenvalue weighted by Crippen LogP contribution is 2.67. The lowest BCUT2D eigenvalue weighted by Gasteiger charge is -2.62. The van der Waals surface area contributed by atoms with Gasteiger partial charge in [-0.2, -0.15) is 0 Å². The zero-order valence-corrected chi connectivity index (χ0v) is 28.5. The summed E-state index contributed by atoms with van der Waals surface area (Å²) in [6, 6.07) is 0.716. The molecule has 6 aliphatic rings. The third-order valence-corrected chi connectivity index (χ3v) is 13.8. The highest BCUT2D eigenvalue weighted by atomic mass is 79.9. The van der Waals surface area contributed by atoms with Gasteiger partial charge in [0.25, 0.3) is 0 Å². The van der Waals surface area contributed by atoms with E-state index in [4.69, 9.17) is 14.2 Å². The molecule has 240 valence electrons. The molecular formula is C34H57BrN2O5. The molecule has 0 radical (unpaired) electrons. The van der Waals surface area contributed by atoms with Gasteiger partial charge in [0.15, 0.2) is 6.10 Å².